The van der Waals surface area contributed by atoms with Crippen molar-refractivity contribution >= 4 is 10.8 Å². The summed E-state index contributed by atoms with van der Waals surface area (Å²) in [5.41, 5.74) is 0. The van der Waals surface area contributed by atoms with Crippen LogP contribution in [0, 0.1) is 5.82 Å². The predicted octanol–water partition coefficient (Wildman–Crippen LogP) is 3.16. The molecule has 0 bridgehead atoms. The van der Waals surface area contributed by atoms with Gasteiger partial charge in [-0.1, -0.05) is 19.1 Å². The molecule has 0 aliphatic heterocycles. The Bertz CT molecular complexity index is 470. The van der Waals surface area contributed by atoms with Crippen molar-refractivity contribution in [1.82, 2.24) is 4.98 Å². The average molecular weight is 205 g/mol. The molecule has 0 radical (unpaired) electrons. The third kappa shape index (κ3) is 2.06. The van der Waals surface area contributed by atoms with E-state index in [2.05, 4.69) is 4.98 Å². The van der Waals surface area contributed by atoms with Gasteiger partial charge in [0.2, 0.25) is 5.88 Å². The number of benzene rings is 1. The van der Waals surface area contributed by atoms with Crippen LogP contribution in [0.1, 0.15) is 13.3 Å². The van der Waals surface area contributed by atoms with Gasteiger partial charge in [0.05, 0.1) is 6.61 Å². The van der Waals surface area contributed by atoms with E-state index in [0.29, 0.717) is 17.9 Å². The highest BCUT2D eigenvalue weighted by atomic mass is 19.1. The fourth-order valence-electron chi connectivity index (χ4n) is 1.40. The molecule has 2 nitrogen and oxygen atoms in total. The molecule has 15 heavy (non-hydrogen) atoms. The van der Waals surface area contributed by atoms with Gasteiger partial charge in [-0.25, -0.2) is 9.37 Å². The van der Waals surface area contributed by atoms with E-state index in [9.17, 15) is 4.39 Å². The molecule has 0 saturated heterocycles. The Labute approximate surface area is 87.7 Å². The van der Waals surface area contributed by atoms with Crippen molar-refractivity contribution in [3.63, 3.8) is 0 Å². The zero-order valence-electron chi connectivity index (χ0n) is 8.53. The van der Waals surface area contributed by atoms with Gasteiger partial charge in [-0.3, -0.25) is 0 Å². The van der Waals surface area contributed by atoms with E-state index in [4.69, 9.17) is 4.74 Å². The minimum absolute atomic E-state index is 0.240. The third-order valence-electron chi connectivity index (χ3n) is 2.14. The number of ether oxygens (including phenoxy) is 1. The van der Waals surface area contributed by atoms with E-state index in [1.807, 2.05) is 13.0 Å². The third-order valence-corrected chi connectivity index (χ3v) is 2.14. The second-order valence-corrected chi connectivity index (χ2v) is 3.33. The van der Waals surface area contributed by atoms with Gasteiger partial charge in [0.1, 0.15) is 5.82 Å². The van der Waals surface area contributed by atoms with Crippen molar-refractivity contribution in [2.45, 2.75) is 13.3 Å². The van der Waals surface area contributed by atoms with Gasteiger partial charge in [-0.15, -0.1) is 0 Å². The number of halogens is 1. The molecular formula is C12H12FNO. The summed E-state index contributed by atoms with van der Waals surface area (Å²) in [4.78, 5) is 4.10. The van der Waals surface area contributed by atoms with Crippen LogP contribution < -0.4 is 4.74 Å². The first-order valence-corrected chi connectivity index (χ1v) is 4.98. The molecule has 0 saturated carbocycles. The van der Waals surface area contributed by atoms with Crippen LogP contribution in [-0.2, 0) is 0 Å². The first kappa shape index (κ1) is 9.90. The molecule has 0 fully saturated rings. The monoisotopic (exact) mass is 205 g/mol. The van der Waals surface area contributed by atoms with Gasteiger partial charge >= 0.3 is 0 Å². The molecule has 0 atom stereocenters. The Balaban J connectivity index is 2.41. The molecule has 78 valence electrons. The van der Waals surface area contributed by atoms with Crippen molar-refractivity contribution < 1.29 is 9.13 Å². The van der Waals surface area contributed by atoms with Crippen LogP contribution in [0.3, 0.4) is 0 Å². The minimum atomic E-state index is -0.240. The van der Waals surface area contributed by atoms with Crippen LogP contribution >= 0.6 is 0 Å². The summed E-state index contributed by atoms with van der Waals surface area (Å²) in [5.74, 6) is 0.241. The van der Waals surface area contributed by atoms with Crippen molar-refractivity contribution in [2.24, 2.45) is 0 Å². The van der Waals surface area contributed by atoms with E-state index in [-0.39, 0.29) is 5.82 Å². The molecule has 0 aliphatic carbocycles. The van der Waals surface area contributed by atoms with Crippen LogP contribution in [0.5, 0.6) is 5.88 Å². The average Bonchev–Trinajstić information content (AvgIpc) is 2.27. The zero-order valence-corrected chi connectivity index (χ0v) is 8.53. The number of fused-ring (bicyclic) bond motifs is 1. The smallest absolute Gasteiger partial charge is 0.213 e. The van der Waals surface area contributed by atoms with Gasteiger partial charge in [-0.2, -0.15) is 0 Å². The van der Waals surface area contributed by atoms with E-state index in [1.165, 1.54) is 6.07 Å². The number of nitrogens with zero attached hydrogens (tertiary/aromatic N) is 1. The number of hydrogen-bond donors (Lipinski definition) is 0. The maximum Gasteiger partial charge on any atom is 0.213 e. The summed E-state index contributed by atoms with van der Waals surface area (Å²) in [6.45, 7) is 2.62. The molecule has 2 aromatic rings. The lowest BCUT2D eigenvalue weighted by Crippen LogP contribution is -1.97. The maximum absolute atomic E-state index is 13.4. The van der Waals surface area contributed by atoms with Gasteiger partial charge in [0.15, 0.2) is 0 Å². The SMILES string of the molecule is CCCOc1cc2c(F)cccc2cn1. The molecule has 0 aliphatic rings. The van der Waals surface area contributed by atoms with E-state index in [1.54, 1.807) is 18.3 Å². The number of hydrogen-bond acceptors (Lipinski definition) is 2. The Kier molecular flexibility index (Phi) is 2.81. The molecular weight excluding hydrogens is 193 g/mol. The molecule has 1 heterocycles. The second kappa shape index (κ2) is 4.26. The number of rotatable bonds is 3. The van der Waals surface area contributed by atoms with Crippen LogP contribution in [0.2, 0.25) is 0 Å². The van der Waals surface area contributed by atoms with Crippen molar-refractivity contribution in [3.05, 3.63) is 36.3 Å². The van der Waals surface area contributed by atoms with Crippen LogP contribution in [0.15, 0.2) is 30.5 Å². The minimum Gasteiger partial charge on any atom is -0.478 e. The number of aromatic nitrogens is 1. The predicted molar refractivity (Wildman–Crippen MR) is 57.5 cm³/mol. The zero-order chi connectivity index (χ0) is 10.7. The summed E-state index contributed by atoms with van der Waals surface area (Å²) in [5, 5.41) is 1.34. The standard InChI is InChI=1S/C12H12FNO/c1-2-6-15-12-7-10-9(8-14-12)4-3-5-11(10)13/h3-5,7-8H,2,6H2,1H3. The van der Waals surface area contributed by atoms with Crippen LogP contribution in [0.4, 0.5) is 4.39 Å². The molecule has 2 rings (SSSR count). The summed E-state index contributed by atoms with van der Waals surface area (Å²) < 4.78 is 18.7. The lowest BCUT2D eigenvalue weighted by Gasteiger charge is -2.04. The second-order valence-electron chi connectivity index (χ2n) is 3.33. The Hall–Kier alpha value is -1.64. The molecule has 1 aromatic carbocycles. The first-order valence-electron chi connectivity index (χ1n) is 4.98. The summed E-state index contributed by atoms with van der Waals surface area (Å²) >= 11 is 0. The molecule has 0 unspecified atom stereocenters. The fourth-order valence-corrected chi connectivity index (χ4v) is 1.40. The topological polar surface area (TPSA) is 22.1 Å². The Morgan fingerprint density at radius 2 is 2.27 bits per heavy atom. The highest BCUT2D eigenvalue weighted by molar-refractivity contribution is 5.82. The normalized spacial score (nSPS) is 10.5. The largest absolute Gasteiger partial charge is 0.478 e. The maximum atomic E-state index is 13.4. The molecule has 0 N–H and O–H groups in total. The van der Waals surface area contributed by atoms with Gasteiger partial charge in [-0.05, 0) is 12.5 Å². The summed E-state index contributed by atoms with van der Waals surface area (Å²) in [7, 11) is 0. The lowest BCUT2D eigenvalue weighted by molar-refractivity contribution is 0.306. The van der Waals surface area contributed by atoms with Gasteiger partial charge < -0.3 is 4.74 Å². The van der Waals surface area contributed by atoms with Crippen molar-refractivity contribution in [2.75, 3.05) is 6.61 Å². The summed E-state index contributed by atoms with van der Waals surface area (Å²) in [6, 6.07) is 6.58. The molecule has 1 aromatic heterocycles. The van der Waals surface area contributed by atoms with Gasteiger partial charge in [0, 0.05) is 23.0 Å². The van der Waals surface area contributed by atoms with Crippen molar-refractivity contribution in [1.29, 1.82) is 0 Å². The van der Waals surface area contributed by atoms with Crippen LogP contribution in [0.25, 0.3) is 10.8 Å². The van der Waals surface area contributed by atoms with Crippen LogP contribution in [-0.4, -0.2) is 11.6 Å². The van der Waals surface area contributed by atoms with Gasteiger partial charge in [0.25, 0.3) is 0 Å². The highest BCUT2D eigenvalue weighted by Gasteiger charge is 2.02. The number of pyridine rings is 1. The van der Waals surface area contributed by atoms with Crippen molar-refractivity contribution in [3.8, 4) is 5.88 Å². The lowest BCUT2D eigenvalue weighted by atomic mass is 10.2. The Morgan fingerprint density at radius 3 is 3.07 bits per heavy atom. The summed E-state index contributed by atoms with van der Waals surface area (Å²) in [6.07, 6.45) is 2.54. The highest BCUT2D eigenvalue weighted by Crippen LogP contribution is 2.20. The Morgan fingerprint density at radius 1 is 1.40 bits per heavy atom. The fraction of sp³-hybridized carbons (Fsp3) is 0.250. The first-order chi connectivity index (χ1) is 7.31. The van der Waals surface area contributed by atoms with E-state index >= 15 is 0 Å². The molecule has 0 spiro atoms. The molecule has 3 heteroatoms. The van der Waals surface area contributed by atoms with E-state index in [0.717, 1.165) is 11.8 Å². The quantitative estimate of drug-likeness (QED) is 0.767. The van der Waals surface area contributed by atoms with E-state index < -0.39 is 0 Å². The molecule has 0 amide bonds.